The van der Waals surface area contributed by atoms with E-state index in [9.17, 15) is 26.4 Å². The number of halogens is 3. The first kappa shape index (κ1) is 28.1. The molecule has 2 aromatic carbocycles. The van der Waals surface area contributed by atoms with Gasteiger partial charge in [0.1, 0.15) is 6.04 Å². The Labute approximate surface area is 212 Å². The zero-order valence-corrected chi connectivity index (χ0v) is 20.6. The van der Waals surface area contributed by atoms with Crippen molar-refractivity contribution in [3.05, 3.63) is 64.7 Å². The maximum atomic E-state index is 12.9. The van der Waals surface area contributed by atoms with Crippen LogP contribution in [0.3, 0.4) is 0 Å². The quantitative estimate of drug-likeness (QED) is 0.292. The first-order valence-electron chi connectivity index (χ1n) is 11.5. The third kappa shape index (κ3) is 7.52. The number of hydrazone groups is 1. The second kappa shape index (κ2) is 11.7. The molecule has 0 aromatic heterocycles. The lowest BCUT2D eigenvalue weighted by atomic mass is 9.92. The first-order chi connectivity index (χ1) is 17.4. The van der Waals surface area contributed by atoms with Gasteiger partial charge in [-0.2, -0.15) is 23.0 Å². The molecule has 1 atom stereocenters. The molecule has 1 aliphatic heterocycles. The highest BCUT2D eigenvalue weighted by molar-refractivity contribution is 7.89. The van der Waals surface area contributed by atoms with Gasteiger partial charge in [-0.05, 0) is 72.6 Å². The number of nitrogens with two attached hydrogens (primary N) is 1. The number of fused-ring (bicyclic) bond motifs is 1. The van der Waals surface area contributed by atoms with Crippen LogP contribution in [0.15, 0.2) is 52.5 Å². The van der Waals surface area contributed by atoms with Crippen molar-refractivity contribution < 1.29 is 36.3 Å². The number of sulfonamides is 1. The standard InChI is InChI=1S/C22H26N4O3S.C2HF3O2/c23-24-14-16-4-3-5-17(12-16)15-26-11-10-21(22(26)27)25-30(28,29)20-9-8-18-6-1-2-7-19(18)13-20;3-2(4,5)1(6)7/h3-5,8-9,12-14,21,25H,1-2,6-7,10-11,15,23H2;(H,6,7)/t21-;/m0./s1. The van der Waals surface area contributed by atoms with Crippen LogP contribution in [0.25, 0.3) is 0 Å². The molecule has 1 saturated heterocycles. The summed E-state index contributed by atoms with van der Waals surface area (Å²) in [6.07, 6.45) is 1.04. The number of nitrogens with one attached hydrogen (secondary N) is 1. The van der Waals surface area contributed by atoms with E-state index in [4.69, 9.17) is 15.7 Å². The van der Waals surface area contributed by atoms with Crippen LogP contribution in [0.2, 0.25) is 0 Å². The van der Waals surface area contributed by atoms with Gasteiger partial charge in [0, 0.05) is 13.1 Å². The van der Waals surface area contributed by atoms with Crippen molar-refractivity contribution >= 4 is 28.1 Å². The number of alkyl halides is 3. The fourth-order valence-electron chi connectivity index (χ4n) is 4.22. The minimum atomic E-state index is -5.08. The number of carbonyl (C=O) groups is 2. The number of carboxylic acids is 1. The Balaban J connectivity index is 0.000000479. The van der Waals surface area contributed by atoms with Gasteiger partial charge >= 0.3 is 12.1 Å². The molecule has 2 aromatic rings. The molecule has 9 nitrogen and oxygen atoms in total. The van der Waals surface area contributed by atoms with Crippen LogP contribution < -0.4 is 10.6 Å². The molecule has 4 N–H and O–H groups in total. The van der Waals surface area contributed by atoms with Crippen LogP contribution in [0, 0.1) is 0 Å². The summed E-state index contributed by atoms with van der Waals surface area (Å²) in [6.45, 7) is 0.924. The minimum Gasteiger partial charge on any atom is -0.475 e. The van der Waals surface area contributed by atoms with Gasteiger partial charge in [0.25, 0.3) is 0 Å². The highest BCUT2D eigenvalue weighted by atomic mass is 32.2. The molecule has 37 heavy (non-hydrogen) atoms. The molecule has 0 bridgehead atoms. The maximum absolute atomic E-state index is 12.9. The topological polar surface area (TPSA) is 142 Å². The molecule has 2 aliphatic rings. The van der Waals surface area contributed by atoms with Gasteiger partial charge in [-0.1, -0.05) is 24.3 Å². The Bertz CT molecular complexity index is 1280. The van der Waals surface area contributed by atoms with Crippen LogP contribution in [-0.2, 0) is 39.0 Å². The fourth-order valence-corrected chi connectivity index (χ4v) is 5.49. The summed E-state index contributed by atoms with van der Waals surface area (Å²) in [6, 6.07) is 12.2. The Morgan fingerprint density at radius 1 is 1.16 bits per heavy atom. The Morgan fingerprint density at radius 2 is 1.84 bits per heavy atom. The van der Waals surface area contributed by atoms with E-state index in [1.54, 1.807) is 23.2 Å². The van der Waals surface area contributed by atoms with Crippen LogP contribution in [-0.4, -0.2) is 55.3 Å². The second-order valence-electron chi connectivity index (χ2n) is 8.69. The number of hydrogen-bond donors (Lipinski definition) is 3. The van der Waals surface area contributed by atoms with Crippen molar-refractivity contribution in [2.45, 2.75) is 55.8 Å². The summed E-state index contributed by atoms with van der Waals surface area (Å²) >= 11 is 0. The van der Waals surface area contributed by atoms with Crippen molar-refractivity contribution in [3.8, 4) is 0 Å². The van der Waals surface area contributed by atoms with Gasteiger partial charge in [0.15, 0.2) is 0 Å². The Morgan fingerprint density at radius 3 is 2.49 bits per heavy atom. The molecule has 0 saturated carbocycles. The summed E-state index contributed by atoms with van der Waals surface area (Å²) in [5.41, 5.74) is 4.12. The van der Waals surface area contributed by atoms with Crippen molar-refractivity contribution in [1.82, 2.24) is 9.62 Å². The molecule has 200 valence electrons. The zero-order chi connectivity index (χ0) is 27.2. The lowest BCUT2D eigenvalue weighted by Crippen LogP contribution is -2.41. The molecular weight excluding hydrogens is 513 g/mol. The summed E-state index contributed by atoms with van der Waals surface area (Å²) in [5.74, 6) is 2.24. The summed E-state index contributed by atoms with van der Waals surface area (Å²) in [5, 5.41) is 10.6. The fraction of sp³-hybridized carbons (Fsp3) is 0.375. The number of aryl methyl sites for hydroxylation is 2. The van der Waals surface area contributed by atoms with E-state index < -0.39 is 28.2 Å². The van der Waals surface area contributed by atoms with Crippen molar-refractivity contribution in [3.63, 3.8) is 0 Å². The normalized spacial score (nSPS) is 17.9. The van der Waals surface area contributed by atoms with Gasteiger partial charge in [0.05, 0.1) is 11.1 Å². The summed E-state index contributed by atoms with van der Waals surface area (Å²) in [7, 11) is -3.75. The number of benzene rings is 2. The monoisotopic (exact) mass is 540 g/mol. The van der Waals surface area contributed by atoms with E-state index in [0.717, 1.165) is 42.4 Å². The summed E-state index contributed by atoms with van der Waals surface area (Å²) in [4.78, 5) is 23.6. The Hall–Kier alpha value is -3.45. The van der Waals surface area contributed by atoms with Gasteiger partial charge in [-0.3, -0.25) is 4.79 Å². The van der Waals surface area contributed by atoms with Crippen molar-refractivity contribution in [1.29, 1.82) is 0 Å². The SMILES string of the molecule is NN=Cc1cccc(CN2CC[C@H](NS(=O)(=O)c3ccc4c(c3)CCCC4)C2=O)c1.O=C(O)C(F)(F)F. The second-order valence-corrected chi connectivity index (χ2v) is 10.4. The smallest absolute Gasteiger partial charge is 0.475 e. The van der Waals surface area contributed by atoms with E-state index in [0.29, 0.717) is 19.5 Å². The number of rotatable bonds is 6. The summed E-state index contributed by atoms with van der Waals surface area (Å²) < 4.78 is 60.1. The van der Waals surface area contributed by atoms with Gasteiger partial charge in [-0.25, -0.2) is 13.2 Å². The molecular formula is C24H27F3N4O5S. The van der Waals surface area contributed by atoms with Crippen LogP contribution in [0.4, 0.5) is 13.2 Å². The molecule has 4 rings (SSSR count). The van der Waals surface area contributed by atoms with Crippen LogP contribution in [0.5, 0.6) is 0 Å². The highest BCUT2D eigenvalue weighted by Crippen LogP contribution is 2.25. The van der Waals surface area contributed by atoms with Crippen LogP contribution >= 0.6 is 0 Å². The number of nitrogens with zero attached hydrogens (tertiary/aromatic N) is 2. The zero-order valence-electron chi connectivity index (χ0n) is 19.7. The van der Waals surface area contributed by atoms with Gasteiger partial charge in [0.2, 0.25) is 15.9 Å². The third-order valence-corrected chi connectivity index (χ3v) is 7.49. The number of hydrogen-bond acceptors (Lipinski definition) is 6. The van der Waals surface area contributed by atoms with E-state index >= 15 is 0 Å². The molecule has 1 amide bonds. The molecule has 1 fully saturated rings. The van der Waals surface area contributed by atoms with Crippen molar-refractivity contribution in [2.24, 2.45) is 10.9 Å². The number of carbonyl (C=O) groups excluding carboxylic acids is 1. The van der Waals surface area contributed by atoms with E-state index in [1.165, 1.54) is 5.56 Å². The van der Waals surface area contributed by atoms with E-state index in [1.807, 2.05) is 30.3 Å². The molecule has 0 unspecified atom stereocenters. The molecule has 13 heteroatoms. The number of carboxylic acid groups (broad SMARTS) is 1. The van der Waals surface area contributed by atoms with E-state index in [-0.39, 0.29) is 10.8 Å². The van der Waals surface area contributed by atoms with Crippen LogP contribution in [0.1, 0.15) is 41.5 Å². The number of aliphatic carboxylic acids is 1. The maximum Gasteiger partial charge on any atom is 0.490 e. The average molecular weight is 541 g/mol. The lowest BCUT2D eigenvalue weighted by Gasteiger charge is -2.19. The van der Waals surface area contributed by atoms with Gasteiger partial charge in [-0.15, -0.1) is 0 Å². The van der Waals surface area contributed by atoms with Crippen molar-refractivity contribution in [2.75, 3.05) is 6.54 Å². The number of amides is 1. The molecule has 0 radical (unpaired) electrons. The molecule has 1 heterocycles. The highest BCUT2D eigenvalue weighted by Gasteiger charge is 2.38. The lowest BCUT2D eigenvalue weighted by molar-refractivity contribution is -0.192. The van der Waals surface area contributed by atoms with E-state index in [2.05, 4.69) is 9.82 Å². The minimum absolute atomic E-state index is 0.200. The number of likely N-dealkylation sites (tertiary alicyclic amines) is 1. The average Bonchev–Trinajstić information content (AvgIpc) is 3.17. The Kier molecular flexibility index (Phi) is 8.92. The third-order valence-electron chi connectivity index (χ3n) is 6.02. The molecule has 1 aliphatic carbocycles. The van der Waals surface area contributed by atoms with Gasteiger partial charge < -0.3 is 15.8 Å². The first-order valence-corrected chi connectivity index (χ1v) is 12.9. The molecule has 0 spiro atoms. The predicted octanol–water partition coefficient (Wildman–Crippen LogP) is 2.57. The largest absolute Gasteiger partial charge is 0.490 e. The predicted molar refractivity (Wildman–Crippen MR) is 129 cm³/mol.